The molecule has 2 aromatic heterocycles. The maximum Gasteiger partial charge on any atom is 0.227 e. The van der Waals surface area contributed by atoms with E-state index in [2.05, 4.69) is 15.0 Å². The average Bonchev–Trinajstić information content (AvgIpc) is 3.48. The van der Waals surface area contributed by atoms with Gasteiger partial charge in [-0.2, -0.15) is 0 Å². The molecule has 0 aliphatic carbocycles. The first kappa shape index (κ1) is 23.4. The van der Waals surface area contributed by atoms with Crippen LogP contribution in [0.25, 0.3) is 32.9 Å². The number of hydrogen-bond donors (Lipinski definition) is 2. The molecular weight excluding hydrogens is 491 g/mol. The molecule has 9 heteroatoms. The topological polar surface area (TPSA) is 98.9 Å². The molecule has 1 amide bonds. The van der Waals surface area contributed by atoms with E-state index < -0.39 is 15.9 Å². The molecule has 1 fully saturated rings. The van der Waals surface area contributed by atoms with Crippen LogP contribution in [0.3, 0.4) is 0 Å². The van der Waals surface area contributed by atoms with Crippen molar-refractivity contribution in [3.05, 3.63) is 89.8 Å². The molecule has 3 aromatic carbocycles. The molecule has 2 N–H and O–H groups in total. The van der Waals surface area contributed by atoms with Gasteiger partial charge in [-0.3, -0.25) is 4.79 Å². The average molecular weight is 517 g/mol. The highest BCUT2D eigenvalue weighted by atomic mass is 32.2. The van der Waals surface area contributed by atoms with Crippen LogP contribution in [0, 0.1) is 12.7 Å². The Balaban J connectivity index is 1.32. The molecule has 1 unspecified atom stereocenters. The highest BCUT2D eigenvalue weighted by molar-refractivity contribution is 7.91. The molecule has 1 aliphatic heterocycles. The fraction of sp³-hybridized carbons (Fsp3) is 0.214. The number of sulfone groups is 1. The lowest BCUT2D eigenvalue weighted by molar-refractivity contribution is -0.132. The molecule has 3 heterocycles. The molecule has 1 aliphatic rings. The number of halogens is 1. The third-order valence-electron chi connectivity index (χ3n) is 7.13. The molecule has 1 atom stereocenters. The third kappa shape index (κ3) is 4.40. The second-order valence-corrected chi connectivity index (χ2v) is 11.8. The Hall–Kier alpha value is -3.98. The molecule has 1 saturated heterocycles. The van der Waals surface area contributed by atoms with Crippen LogP contribution in [0.15, 0.2) is 66.9 Å². The number of aromatic amines is 2. The Kier molecular flexibility index (Phi) is 5.60. The van der Waals surface area contributed by atoms with Crippen molar-refractivity contribution in [3.8, 4) is 11.3 Å². The Morgan fingerprint density at radius 3 is 2.73 bits per heavy atom. The number of aryl methyl sites for hydroxylation is 1. The zero-order valence-electron chi connectivity index (χ0n) is 20.2. The quantitative estimate of drug-likeness (QED) is 0.362. The van der Waals surface area contributed by atoms with Crippen molar-refractivity contribution in [1.29, 1.82) is 0 Å². The van der Waals surface area contributed by atoms with E-state index >= 15 is 0 Å². The van der Waals surface area contributed by atoms with Crippen molar-refractivity contribution in [1.82, 2.24) is 19.9 Å². The molecule has 0 spiro atoms. The van der Waals surface area contributed by atoms with Gasteiger partial charge >= 0.3 is 0 Å². The maximum atomic E-state index is 13.9. The second-order valence-electron chi connectivity index (χ2n) is 9.56. The number of nitrogens with one attached hydrogen (secondary N) is 2. The summed E-state index contributed by atoms with van der Waals surface area (Å²) >= 11 is 0. The summed E-state index contributed by atoms with van der Waals surface area (Å²) in [6, 6.07) is 17.8. The number of carbonyl (C=O) groups is 1. The van der Waals surface area contributed by atoms with Crippen molar-refractivity contribution >= 4 is 37.4 Å². The highest BCUT2D eigenvalue weighted by Gasteiger charge is 2.37. The fourth-order valence-corrected chi connectivity index (χ4v) is 6.64. The first-order valence-corrected chi connectivity index (χ1v) is 13.9. The minimum atomic E-state index is -3.35. The molecule has 7 nitrogen and oxygen atoms in total. The predicted octanol–water partition coefficient (Wildman–Crippen LogP) is 4.70. The first-order chi connectivity index (χ1) is 17.8. The minimum absolute atomic E-state index is 0.0318. The van der Waals surface area contributed by atoms with Crippen LogP contribution in [0.1, 0.15) is 23.1 Å². The summed E-state index contributed by atoms with van der Waals surface area (Å²) in [6.07, 6.45) is 1.71. The van der Waals surface area contributed by atoms with Crippen LogP contribution >= 0.6 is 0 Å². The van der Waals surface area contributed by atoms with Gasteiger partial charge in [-0.25, -0.2) is 17.8 Å². The Labute approximate surface area is 213 Å². The van der Waals surface area contributed by atoms with Gasteiger partial charge in [0, 0.05) is 28.7 Å². The van der Waals surface area contributed by atoms with Crippen molar-refractivity contribution in [2.24, 2.45) is 0 Å². The van der Waals surface area contributed by atoms with Crippen LogP contribution < -0.4 is 0 Å². The highest BCUT2D eigenvalue weighted by Crippen LogP contribution is 2.30. The lowest BCUT2D eigenvalue weighted by Gasteiger charge is -2.34. The van der Waals surface area contributed by atoms with Crippen molar-refractivity contribution in [2.75, 3.05) is 18.1 Å². The van der Waals surface area contributed by atoms with Gasteiger partial charge in [0.05, 0.1) is 29.8 Å². The summed E-state index contributed by atoms with van der Waals surface area (Å²) in [4.78, 5) is 26.1. The zero-order chi connectivity index (χ0) is 25.7. The lowest BCUT2D eigenvalue weighted by Crippen LogP contribution is -2.47. The van der Waals surface area contributed by atoms with Gasteiger partial charge in [0.1, 0.15) is 17.7 Å². The molecule has 5 aromatic rings. The summed E-state index contributed by atoms with van der Waals surface area (Å²) in [5.41, 5.74) is 3.92. The number of aromatic nitrogens is 3. The Bertz CT molecular complexity index is 1770. The molecule has 0 radical (unpaired) electrons. The monoisotopic (exact) mass is 516 g/mol. The van der Waals surface area contributed by atoms with E-state index in [0.717, 1.165) is 33.2 Å². The number of carbonyl (C=O) groups excluding carboxylic acids is 1. The van der Waals surface area contributed by atoms with E-state index in [1.165, 1.54) is 12.1 Å². The molecule has 6 rings (SSSR count). The normalized spacial score (nSPS) is 17.5. The largest absolute Gasteiger partial charge is 0.358 e. The first-order valence-electron chi connectivity index (χ1n) is 12.1. The number of nitrogens with zero attached hydrogens (tertiary/aromatic N) is 2. The molecule has 0 saturated carbocycles. The minimum Gasteiger partial charge on any atom is -0.358 e. The molecule has 0 bridgehead atoms. The second kappa shape index (κ2) is 8.85. The van der Waals surface area contributed by atoms with Crippen LogP contribution in [0.5, 0.6) is 0 Å². The van der Waals surface area contributed by atoms with Crippen LogP contribution in [-0.4, -0.2) is 52.2 Å². The standard InChI is InChI=1S/C28H25FN4O3S/c1-17-22(23-13-21(29)8-9-24(23)31-17)14-27(34)33-10-11-37(35,36)16-26(33)28-30-15-25(32-28)20-7-6-18-4-2-3-5-19(18)12-20/h2-9,12-13,15,26,31H,10-11,14,16H2,1H3,(H,30,32). The van der Waals surface area contributed by atoms with Crippen LogP contribution in [0.4, 0.5) is 4.39 Å². The van der Waals surface area contributed by atoms with Crippen molar-refractivity contribution < 1.29 is 17.6 Å². The fourth-order valence-electron chi connectivity index (χ4n) is 5.18. The number of fused-ring (bicyclic) bond motifs is 2. The van der Waals surface area contributed by atoms with E-state index in [4.69, 9.17) is 0 Å². The van der Waals surface area contributed by atoms with E-state index in [9.17, 15) is 17.6 Å². The van der Waals surface area contributed by atoms with E-state index in [0.29, 0.717) is 16.8 Å². The van der Waals surface area contributed by atoms with E-state index in [1.807, 2.05) is 49.4 Å². The molecular formula is C28H25FN4O3S. The number of amides is 1. The van der Waals surface area contributed by atoms with Crippen molar-refractivity contribution in [3.63, 3.8) is 0 Å². The summed E-state index contributed by atoms with van der Waals surface area (Å²) in [7, 11) is -3.35. The number of imidazole rings is 1. The van der Waals surface area contributed by atoms with E-state index in [1.54, 1.807) is 17.2 Å². The predicted molar refractivity (Wildman–Crippen MR) is 141 cm³/mol. The number of rotatable bonds is 4. The molecule has 37 heavy (non-hydrogen) atoms. The van der Waals surface area contributed by atoms with Gasteiger partial charge in [0.25, 0.3) is 0 Å². The van der Waals surface area contributed by atoms with Crippen LogP contribution in [-0.2, 0) is 21.1 Å². The lowest BCUT2D eigenvalue weighted by atomic mass is 10.1. The molecule has 188 valence electrons. The summed E-state index contributed by atoms with van der Waals surface area (Å²) < 4.78 is 39.1. The number of hydrogen-bond acceptors (Lipinski definition) is 4. The maximum absolute atomic E-state index is 13.9. The summed E-state index contributed by atoms with van der Waals surface area (Å²) in [5.74, 6) is -0.475. The van der Waals surface area contributed by atoms with Gasteiger partial charge in [0.15, 0.2) is 9.84 Å². The third-order valence-corrected chi connectivity index (χ3v) is 8.76. The summed E-state index contributed by atoms with van der Waals surface area (Å²) in [5, 5.41) is 2.86. The van der Waals surface area contributed by atoms with Gasteiger partial charge in [0.2, 0.25) is 5.91 Å². The van der Waals surface area contributed by atoms with Gasteiger partial charge < -0.3 is 14.9 Å². The van der Waals surface area contributed by atoms with Crippen LogP contribution in [0.2, 0.25) is 0 Å². The van der Waals surface area contributed by atoms with Crippen molar-refractivity contribution in [2.45, 2.75) is 19.4 Å². The Morgan fingerprint density at radius 2 is 1.89 bits per heavy atom. The Morgan fingerprint density at radius 1 is 1.08 bits per heavy atom. The van der Waals surface area contributed by atoms with Gasteiger partial charge in [-0.05, 0) is 47.5 Å². The number of benzene rings is 3. The van der Waals surface area contributed by atoms with Gasteiger partial charge in [-0.1, -0.05) is 36.4 Å². The number of H-pyrrole nitrogens is 2. The SMILES string of the molecule is Cc1[nH]c2ccc(F)cc2c1CC(=O)N1CCS(=O)(=O)CC1c1ncc(-c2ccc3ccccc3c2)[nH]1. The van der Waals surface area contributed by atoms with E-state index in [-0.39, 0.29) is 36.2 Å². The summed E-state index contributed by atoms with van der Waals surface area (Å²) in [6.45, 7) is 1.93. The zero-order valence-corrected chi connectivity index (χ0v) is 21.0. The smallest absolute Gasteiger partial charge is 0.227 e. The van der Waals surface area contributed by atoms with Gasteiger partial charge in [-0.15, -0.1) is 0 Å².